The van der Waals surface area contributed by atoms with E-state index in [1.807, 2.05) is 19.9 Å². The molecule has 2 aliphatic rings. The molecule has 1 amide bonds. The number of carboxylic acids is 1. The molecule has 0 radical (unpaired) electrons. The van der Waals surface area contributed by atoms with Gasteiger partial charge in [0.25, 0.3) is 0 Å². The van der Waals surface area contributed by atoms with Gasteiger partial charge in [-0.25, -0.2) is 15.0 Å². The Morgan fingerprint density at radius 3 is 2.64 bits per heavy atom. The Bertz CT molecular complexity index is 1320. The van der Waals surface area contributed by atoms with Gasteiger partial charge in [0, 0.05) is 25.9 Å². The predicted octanol–water partition coefficient (Wildman–Crippen LogP) is 4.38. The average Bonchev–Trinajstić information content (AvgIpc) is 3.33. The van der Waals surface area contributed by atoms with Gasteiger partial charge < -0.3 is 20.8 Å². The number of aliphatic carboxylic acids is 1. The van der Waals surface area contributed by atoms with Crippen LogP contribution in [0, 0.1) is 11.3 Å². The molecule has 13 heteroatoms. The lowest BCUT2D eigenvalue weighted by molar-refractivity contribution is -0.154. The van der Waals surface area contributed by atoms with E-state index in [1.165, 1.54) is 18.3 Å². The van der Waals surface area contributed by atoms with Gasteiger partial charge in [-0.15, -0.1) is 11.3 Å². The third kappa shape index (κ3) is 6.30. The molecule has 39 heavy (non-hydrogen) atoms. The summed E-state index contributed by atoms with van der Waals surface area (Å²) in [6.45, 7) is 5.01. The van der Waals surface area contributed by atoms with Gasteiger partial charge in [-0.05, 0) is 48.8 Å². The van der Waals surface area contributed by atoms with Gasteiger partial charge >= 0.3 is 12.1 Å². The van der Waals surface area contributed by atoms with Gasteiger partial charge in [0.05, 0.1) is 16.3 Å². The molecule has 0 bridgehead atoms. The molecule has 2 aromatic heterocycles. The lowest BCUT2D eigenvalue weighted by Crippen LogP contribution is -2.47. The maximum absolute atomic E-state index is 13.2. The van der Waals surface area contributed by atoms with Gasteiger partial charge in [-0.3, -0.25) is 9.59 Å². The quantitative estimate of drug-likeness (QED) is 0.363. The highest BCUT2D eigenvalue weighted by Gasteiger charge is 2.49. The molecule has 0 aromatic carbocycles. The molecule has 3 atom stereocenters. The van der Waals surface area contributed by atoms with Gasteiger partial charge in [0.2, 0.25) is 11.9 Å². The topological polar surface area (TPSA) is 137 Å². The summed E-state index contributed by atoms with van der Waals surface area (Å²) in [6, 6.07) is 0.776. The maximum Gasteiger partial charge on any atom is 0.433 e. The number of carboxylic acid groups (broad SMARTS) is 1. The minimum Gasteiger partial charge on any atom is -0.481 e. The second-order valence-electron chi connectivity index (χ2n) is 10.8. The minimum atomic E-state index is -4.65. The van der Waals surface area contributed by atoms with Crippen molar-refractivity contribution in [1.82, 2.24) is 20.3 Å². The summed E-state index contributed by atoms with van der Waals surface area (Å²) >= 11 is 1.29. The molecule has 2 aromatic rings. The number of aromatic nitrogens is 3. The number of hydrogen-bond acceptors (Lipinski definition) is 8. The van der Waals surface area contributed by atoms with Crippen LogP contribution >= 0.6 is 11.3 Å². The van der Waals surface area contributed by atoms with Crippen LogP contribution in [0.4, 0.5) is 19.1 Å². The molecule has 0 saturated heterocycles. The highest BCUT2D eigenvalue weighted by atomic mass is 32.1. The Kier molecular flexibility index (Phi) is 7.60. The van der Waals surface area contributed by atoms with E-state index in [9.17, 15) is 33.0 Å². The van der Waals surface area contributed by atoms with E-state index in [0.717, 1.165) is 22.7 Å². The normalized spacial score (nSPS) is 26.5. The van der Waals surface area contributed by atoms with Crippen molar-refractivity contribution in [3.63, 3.8) is 0 Å². The number of carbonyl (C=O) groups excluding carboxylic acids is 1. The summed E-state index contributed by atoms with van der Waals surface area (Å²) in [5, 5.41) is 27.2. The van der Waals surface area contributed by atoms with Crippen molar-refractivity contribution < 1.29 is 33.0 Å². The first-order valence-corrected chi connectivity index (χ1v) is 13.2. The zero-order chi connectivity index (χ0) is 28.6. The summed E-state index contributed by atoms with van der Waals surface area (Å²) < 4.78 is 39.7. The standard InChI is InChI=1S/C26H30F3N5O4S/c1-15(35)32-14-24(34-22-30-10-7-19(33-22)26(27,28)29)8-4-5-16(11-24)18-12-31-21(39-18)25(38)9-6-17(20(36)37)23(2,3)13-25/h4,7-8,10-12,17,38H,5-6,9,13-14H2,1-3H3,(H,32,35)(H,36,37)(H,30,33,34)/t17-,24?,25-/m1/s1. The first-order chi connectivity index (χ1) is 18.1. The van der Waals surface area contributed by atoms with Crippen LogP contribution in [-0.4, -0.2) is 49.1 Å². The zero-order valence-corrected chi connectivity index (χ0v) is 22.5. The van der Waals surface area contributed by atoms with E-state index >= 15 is 0 Å². The molecule has 2 aliphatic carbocycles. The fourth-order valence-electron chi connectivity index (χ4n) is 5.29. The van der Waals surface area contributed by atoms with Gasteiger partial charge in [0.15, 0.2) is 0 Å². The Labute approximate surface area is 227 Å². The van der Waals surface area contributed by atoms with Gasteiger partial charge in [-0.1, -0.05) is 26.0 Å². The van der Waals surface area contributed by atoms with Crippen LogP contribution in [-0.2, 0) is 21.4 Å². The Morgan fingerprint density at radius 1 is 1.26 bits per heavy atom. The highest BCUT2D eigenvalue weighted by molar-refractivity contribution is 7.12. The molecule has 1 fully saturated rings. The van der Waals surface area contributed by atoms with Gasteiger partial charge in [-0.2, -0.15) is 13.2 Å². The van der Waals surface area contributed by atoms with E-state index < -0.39 is 40.3 Å². The number of carbonyl (C=O) groups is 2. The van der Waals surface area contributed by atoms with E-state index in [1.54, 1.807) is 18.3 Å². The second-order valence-corrected chi connectivity index (χ2v) is 11.8. The fourth-order valence-corrected chi connectivity index (χ4v) is 6.35. The minimum absolute atomic E-state index is 0.0162. The molecule has 1 unspecified atom stereocenters. The maximum atomic E-state index is 13.2. The summed E-state index contributed by atoms with van der Waals surface area (Å²) in [7, 11) is 0. The van der Waals surface area contributed by atoms with Crippen molar-refractivity contribution >= 4 is 34.7 Å². The summed E-state index contributed by atoms with van der Waals surface area (Å²) in [6.07, 6.45) is 4.66. The van der Waals surface area contributed by atoms with Crippen molar-refractivity contribution in [2.75, 3.05) is 11.9 Å². The van der Waals surface area contributed by atoms with Crippen LogP contribution in [0.15, 0.2) is 36.7 Å². The van der Waals surface area contributed by atoms with Crippen LogP contribution in [0.3, 0.4) is 0 Å². The van der Waals surface area contributed by atoms with Crippen molar-refractivity contribution in [2.45, 2.75) is 63.8 Å². The number of amides is 1. The number of alkyl halides is 3. The Hall–Kier alpha value is -3.32. The number of rotatable bonds is 7. The van der Waals surface area contributed by atoms with E-state index in [4.69, 9.17) is 0 Å². The van der Waals surface area contributed by atoms with E-state index in [2.05, 4.69) is 25.6 Å². The molecule has 0 aliphatic heterocycles. The molecule has 4 rings (SSSR count). The van der Waals surface area contributed by atoms with Crippen molar-refractivity contribution in [2.24, 2.45) is 11.3 Å². The van der Waals surface area contributed by atoms with Gasteiger partial charge in [0.1, 0.15) is 16.3 Å². The van der Waals surface area contributed by atoms with Crippen molar-refractivity contribution in [3.8, 4) is 0 Å². The molecule has 1 saturated carbocycles. The first-order valence-electron chi connectivity index (χ1n) is 12.4. The number of anilines is 1. The molecule has 0 spiro atoms. The smallest absolute Gasteiger partial charge is 0.433 e. The fraction of sp³-hybridized carbons (Fsp3) is 0.500. The monoisotopic (exact) mass is 565 g/mol. The Morgan fingerprint density at radius 2 is 2.00 bits per heavy atom. The molecular weight excluding hydrogens is 535 g/mol. The van der Waals surface area contributed by atoms with E-state index in [-0.39, 0.29) is 31.2 Å². The summed E-state index contributed by atoms with van der Waals surface area (Å²) in [5.41, 5.74) is -3.36. The third-order valence-corrected chi connectivity index (χ3v) is 8.43. The van der Waals surface area contributed by atoms with Crippen LogP contribution < -0.4 is 10.6 Å². The van der Waals surface area contributed by atoms with Crippen LogP contribution in [0.5, 0.6) is 0 Å². The number of hydrogen-bond donors (Lipinski definition) is 4. The first kappa shape index (κ1) is 28.7. The van der Waals surface area contributed by atoms with Crippen molar-refractivity contribution in [1.29, 1.82) is 0 Å². The number of thiazole rings is 1. The number of halogens is 3. The Balaban J connectivity index is 1.64. The second kappa shape index (κ2) is 10.3. The molecule has 4 N–H and O–H groups in total. The highest BCUT2D eigenvalue weighted by Crippen LogP contribution is 2.50. The third-order valence-electron chi connectivity index (χ3n) is 7.16. The molecule has 2 heterocycles. The average molecular weight is 566 g/mol. The van der Waals surface area contributed by atoms with Crippen molar-refractivity contribution in [3.05, 3.63) is 52.3 Å². The molecule has 210 valence electrons. The molecule has 9 nitrogen and oxygen atoms in total. The van der Waals surface area contributed by atoms with Crippen LogP contribution in [0.2, 0.25) is 0 Å². The van der Waals surface area contributed by atoms with E-state index in [0.29, 0.717) is 17.8 Å². The lowest BCUT2D eigenvalue weighted by Gasteiger charge is -2.44. The zero-order valence-electron chi connectivity index (χ0n) is 21.7. The lowest BCUT2D eigenvalue weighted by atomic mass is 9.63. The predicted molar refractivity (Wildman–Crippen MR) is 139 cm³/mol. The largest absolute Gasteiger partial charge is 0.481 e. The number of nitrogens with zero attached hydrogens (tertiary/aromatic N) is 3. The number of aliphatic hydroxyl groups is 1. The summed E-state index contributed by atoms with van der Waals surface area (Å²) in [5.74, 6) is -2.03. The van der Waals surface area contributed by atoms with Crippen LogP contribution in [0.1, 0.15) is 62.0 Å². The molecular formula is C26H30F3N5O4S. The number of nitrogens with one attached hydrogen (secondary N) is 2. The van der Waals surface area contributed by atoms with Crippen LogP contribution in [0.25, 0.3) is 5.57 Å². The SMILES string of the molecule is CC(=O)NCC1(Nc2nccc(C(F)(F)F)n2)C=CCC(c2cnc([C@@]3(O)CC[C@H](C(=O)O)C(C)(C)C3)s2)=C1. The summed E-state index contributed by atoms with van der Waals surface area (Å²) in [4.78, 5) is 36.2. The number of allylic oxidation sites excluding steroid dienone is 2.